The van der Waals surface area contributed by atoms with Crippen molar-refractivity contribution < 1.29 is 13.9 Å². The van der Waals surface area contributed by atoms with Crippen LogP contribution in [-0.2, 0) is 11.3 Å². The minimum Gasteiger partial charge on any atom is -0.494 e. The van der Waals surface area contributed by atoms with Crippen LogP contribution in [-0.4, -0.2) is 42.4 Å². The van der Waals surface area contributed by atoms with Crippen molar-refractivity contribution in [2.75, 3.05) is 27.4 Å². The number of nitrogens with one attached hydrogen (secondary N) is 1. The zero-order chi connectivity index (χ0) is 14.4. The van der Waals surface area contributed by atoms with Crippen molar-refractivity contribution in [3.05, 3.63) is 35.9 Å². The average molecular weight is 280 g/mol. The van der Waals surface area contributed by atoms with Gasteiger partial charge in [-0.15, -0.1) is 5.10 Å². The predicted molar refractivity (Wildman–Crippen MR) is 71.5 cm³/mol. The molecule has 7 heteroatoms. The van der Waals surface area contributed by atoms with E-state index in [0.29, 0.717) is 18.8 Å². The zero-order valence-electron chi connectivity index (χ0n) is 11.5. The van der Waals surface area contributed by atoms with Crippen LogP contribution in [0.25, 0.3) is 5.69 Å². The van der Waals surface area contributed by atoms with E-state index in [2.05, 4.69) is 15.6 Å². The molecule has 0 saturated heterocycles. The lowest BCUT2D eigenvalue weighted by Crippen LogP contribution is -2.18. The van der Waals surface area contributed by atoms with Gasteiger partial charge < -0.3 is 14.8 Å². The Morgan fingerprint density at radius 1 is 1.35 bits per heavy atom. The summed E-state index contributed by atoms with van der Waals surface area (Å²) in [6.45, 7) is 1.98. The number of nitrogens with zero attached hydrogens (tertiary/aromatic N) is 3. The molecular formula is C13H17FN4O2. The van der Waals surface area contributed by atoms with Crippen LogP contribution in [0.5, 0.6) is 5.75 Å². The van der Waals surface area contributed by atoms with Crippen molar-refractivity contribution in [2.24, 2.45) is 0 Å². The average Bonchev–Trinajstić information content (AvgIpc) is 2.93. The van der Waals surface area contributed by atoms with Crippen LogP contribution in [0.3, 0.4) is 0 Å². The van der Waals surface area contributed by atoms with Gasteiger partial charge in [-0.25, -0.2) is 9.07 Å². The molecule has 0 atom stereocenters. The highest BCUT2D eigenvalue weighted by Crippen LogP contribution is 2.20. The molecular weight excluding hydrogens is 263 g/mol. The van der Waals surface area contributed by atoms with Gasteiger partial charge in [-0.3, -0.25) is 0 Å². The number of benzene rings is 1. The fourth-order valence-electron chi connectivity index (χ4n) is 1.69. The van der Waals surface area contributed by atoms with Crippen LogP contribution < -0.4 is 10.1 Å². The van der Waals surface area contributed by atoms with E-state index in [0.717, 1.165) is 12.2 Å². The predicted octanol–water partition coefficient (Wildman–Crippen LogP) is 1.15. The summed E-state index contributed by atoms with van der Waals surface area (Å²) in [7, 11) is 3.08. The van der Waals surface area contributed by atoms with E-state index in [1.54, 1.807) is 30.1 Å². The third-order valence-corrected chi connectivity index (χ3v) is 2.73. The number of rotatable bonds is 7. The highest BCUT2D eigenvalue weighted by atomic mass is 19.1. The summed E-state index contributed by atoms with van der Waals surface area (Å²) in [5.41, 5.74) is 1.49. The number of methoxy groups -OCH3 is 2. The number of halogens is 1. The van der Waals surface area contributed by atoms with Crippen molar-refractivity contribution in [2.45, 2.75) is 6.54 Å². The lowest BCUT2D eigenvalue weighted by atomic mass is 10.3. The third kappa shape index (κ3) is 3.52. The van der Waals surface area contributed by atoms with Crippen molar-refractivity contribution in [3.8, 4) is 11.4 Å². The van der Waals surface area contributed by atoms with Crippen molar-refractivity contribution in [3.63, 3.8) is 0 Å². The molecule has 6 nitrogen and oxygen atoms in total. The quantitative estimate of drug-likeness (QED) is 0.771. The van der Waals surface area contributed by atoms with Crippen LogP contribution >= 0.6 is 0 Å². The topological polar surface area (TPSA) is 61.2 Å². The van der Waals surface area contributed by atoms with Gasteiger partial charge in [0.2, 0.25) is 0 Å². The Bertz CT molecular complexity index is 559. The number of ether oxygens (including phenoxy) is 2. The number of aromatic nitrogens is 3. The van der Waals surface area contributed by atoms with E-state index in [1.165, 1.54) is 13.2 Å². The van der Waals surface area contributed by atoms with Gasteiger partial charge in [0.05, 0.1) is 31.3 Å². The Labute approximate surface area is 116 Å². The van der Waals surface area contributed by atoms with Gasteiger partial charge in [-0.05, 0) is 12.1 Å². The second kappa shape index (κ2) is 6.97. The van der Waals surface area contributed by atoms with E-state index in [4.69, 9.17) is 9.47 Å². The molecule has 0 fully saturated rings. The largest absolute Gasteiger partial charge is 0.494 e. The third-order valence-electron chi connectivity index (χ3n) is 2.73. The molecule has 2 aromatic rings. The molecule has 1 heterocycles. The van der Waals surface area contributed by atoms with E-state index < -0.39 is 5.82 Å². The molecule has 1 N–H and O–H groups in total. The second-order valence-electron chi connectivity index (χ2n) is 4.14. The number of hydrogen-bond donors (Lipinski definition) is 1. The first-order valence-corrected chi connectivity index (χ1v) is 6.19. The summed E-state index contributed by atoms with van der Waals surface area (Å²) in [6, 6.07) is 4.53. The molecule has 0 spiro atoms. The zero-order valence-corrected chi connectivity index (χ0v) is 11.5. The first-order valence-electron chi connectivity index (χ1n) is 6.19. The van der Waals surface area contributed by atoms with Gasteiger partial charge in [0, 0.05) is 26.3 Å². The van der Waals surface area contributed by atoms with Crippen molar-refractivity contribution >= 4 is 0 Å². The summed E-state index contributed by atoms with van der Waals surface area (Å²) >= 11 is 0. The first-order chi connectivity index (χ1) is 9.74. The molecule has 0 amide bonds. The van der Waals surface area contributed by atoms with Crippen LogP contribution in [0.15, 0.2) is 24.4 Å². The molecule has 0 bridgehead atoms. The highest BCUT2D eigenvalue weighted by molar-refractivity contribution is 5.39. The van der Waals surface area contributed by atoms with Crippen LogP contribution in [0.4, 0.5) is 4.39 Å². The Morgan fingerprint density at radius 3 is 2.95 bits per heavy atom. The fraction of sp³-hybridized carbons (Fsp3) is 0.385. The van der Waals surface area contributed by atoms with Gasteiger partial charge >= 0.3 is 0 Å². The lowest BCUT2D eigenvalue weighted by Gasteiger charge is -2.04. The maximum absolute atomic E-state index is 13.3. The molecule has 1 aromatic heterocycles. The molecule has 1 aromatic carbocycles. The van der Waals surface area contributed by atoms with Gasteiger partial charge in [0.25, 0.3) is 0 Å². The Balaban J connectivity index is 2.04. The SMILES string of the molecule is COCCNCc1cn(-c2ccc(F)c(OC)c2)nn1. The van der Waals surface area contributed by atoms with E-state index in [1.807, 2.05) is 0 Å². The molecule has 20 heavy (non-hydrogen) atoms. The molecule has 0 unspecified atom stereocenters. The van der Waals surface area contributed by atoms with E-state index in [9.17, 15) is 4.39 Å². The highest BCUT2D eigenvalue weighted by Gasteiger charge is 2.07. The van der Waals surface area contributed by atoms with Gasteiger partial charge in [-0.2, -0.15) is 0 Å². The van der Waals surface area contributed by atoms with Gasteiger partial charge in [0.15, 0.2) is 11.6 Å². The summed E-state index contributed by atoms with van der Waals surface area (Å²) < 4.78 is 24.8. The Hall–Kier alpha value is -1.99. The first kappa shape index (κ1) is 14.4. The van der Waals surface area contributed by atoms with E-state index >= 15 is 0 Å². The normalized spacial score (nSPS) is 10.8. The van der Waals surface area contributed by atoms with Crippen molar-refractivity contribution in [1.82, 2.24) is 20.3 Å². The standard InChI is InChI=1S/C13H17FN4O2/c1-19-6-5-15-8-10-9-18(17-16-10)11-3-4-12(14)13(7-11)20-2/h3-4,7,9,15H,5-6,8H2,1-2H3. The van der Waals surface area contributed by atoms with Crippen LogP contribution in [0, 0.1) is 5.82 Å². The van der Waals surface area contributed by atoms with Crippen LogP contribution in [0.1, 0.15) is 5.69 Å². The summed E-state index contributed by atoms with van der Waals surface area (Å²) in [5.74, 6) is -0.226. The second-order valence-corrected chi connectivity index (χ2v) is 4.14. The smallest absolute Gasteiger partial charge is 0.165 e. The summed E-state index contributed by atoms with van der Waals surface area (Å²) in [6.07, 6.45) is 1.78. The molecule has 0 saturated carbocycles. The minimum atomic E-state index is -0.405. The van der Waals surface area contributed by atoms with Crippen molar-refractivity contribution in [1.29, 1.82) is 0 Å². The summed E-state index contributed by atoms with van der Waals surface area (Å²) in [5, 5.41) is 11.2. The number of hydrogen-bond acceptors (Lipinski definition) is 5. The summed E-state index contributed by atoms with van der Waals surface area (Å²) in [4.78, 5) is 0. The molecule has 0 radical (unpaired) electrons. The fourth-order valence-corrected chi connectivity index (χ4v) is 1.69. The molecule has 2 rings (SSSR count). The van der Waals surface area contributed by atoms with Gasteiger partial charge in [0.1, 0.15) is 0 Å². The molecule has 108 valence electrons. The Morgan fingerprint density at radius 2 is 2.20 bits per heavy atom. The molecule has 0 aliphatic rings. The monoisotopic (exact) mass is 280 g/mol. The van der Waals surface area contributed by atoms with Gasteiger partial charge in [-0.1, -0.05) is 5.21 Å². The lowest BCUT2D eigenvalue weighted by molar-refractivity contribution is 0.199. The maximum atomic E-state index is 13.3. The minimum absolute atomic E-state index is 0.178. The molecule has 0 aliphatic carbocycles. The van der Waals surface area contributed by atoms with Crippen LogP contribution in [0.2, 0.25) is 0 Å². The molecule has 0 aliphatic heterocycles. The Kier molecular flexibility index (Phi) is 5.03. The maximum Gasteiger partial charge on any atom is 0.165 e. The van der Waals surface area contributed by atoms with E-state index in [-0.39, 0.29) is 5.75 Å².